The number of fused-ring (bicyclic) bond motifs is 1. The Balaban J connectivity index is 1.98. The summed E-state index contributed by atoms with van der Waals surface area (Å²) in [7, 11) is 1.98. The first-order valence-corrected chi connectivity index (χ1v) is 6.99. The lowest BCUT2D eigenvalue weighted by atomic mass is 10.3. The van der Waals surface area contributed by atoms with E-state index in [1.807, 2.05) is 41.6 Å². The number of hydrogen-bond acceptors (Lipinski definition) is 7. The predicted molar refractivity (Wildman–Crippen MR) is 81.6 cm³/mol. The lowest BCUT2D eigenvalue weighted by molar-refractivity contribution is 0.868. The number of rotatable bonds is 4. The van der Waals surface area contributed by atoms with Crippen molar-refractivity contribution < 1.29 is 0 Å². The summed E-state index contributed by atoms with van der Waals surface area (Å²) in [5, 5.41) is 3.02. The zero-order valence-electron chi connectivity index (χ0n) is 10.9. The number of nitrogens with two attached hydrogens (primary N) is 1. The van der Waals surface area contributed by atoms with E-state index in [1.165, 1.54) is 0 Å². The lowest BCUT2D eigenvalue weighted by Crippen LogP contribution is -2.20. The molecule has 0 atom stereocenters. The fourth-order valence-corrected chi connectivity index (χ4v) is 2.76. The van der Waals surface area contributed by atoms with E-state index in [2.05, 4.69) is 20.4 Å². The molecule has 7 heteroatoms. The van der Waals surface area contributed by atoms with Crippen LogP contribution in [-0.2, 0) is 6.54 Å². The highest BCUT2D eigenvalue weighted by atomic mass is 32.1. The monoisotopic (exact) mass is 286 g/mol. The maximum Gasteiger partial charge on any atom is 0.240 e. The molecule has 3 aromatic heterocycles. The second-order valence-corrected chi connectivity index (χ2v) is 5.23. The molecule has 20 heavy (non-hydrogen) atoms. The molecular weight excluding hydrogens is 272 g/mol. The maximum atomic E-state index is 5.43. The van der Waals surface area contributed by atoms with Crippen LogP contribution in [0.5, 0.6) is 0 Å². The third-order valence-corrected chi connectivity index (χ3v) is 3.73. The zero-order chi connectivity index (χ0) is 13.9. The number of nitrogens with one attached hydrogen (secondary N) is 1. The number of hydrogen-bond donors (Lipinski definition) is 2. The molecule has 3 rings (SSSR count). The minimum Gasteiger partial charge on any atom is -0.353 e. The van der Waals surface area contributed by atoms with Crippen molar-refractivity contribution >= 4 is 33.3 Å². The number of hydrazine groups is 1. The summed E-state index contributed by atoms with van der Waals surface area (Å²) in [5.74, 6) is 6.69. The van der Waals surface area contributed by atoms with Gasteiger partial charge in [-0.2, -0.15) is 4.98 Å². The highest BCUT2D eigenvalue weighted by molar-refractivity contribution is 7.16. The first-order valence-electron chi connectivity index (χ1n) is 6.11. The van der Waals surface area contributed by atoms with E-state index in [-0.39, 0.29) is 0 Å². The molecule has 0 saturated carbocycles. The fourth-order valence-electron chi connectivity index (χ4n) is 2.00. The summed E-state index contributed by atoms with van der Waals surface area (Å²) >= 11 is 1.57. The Morgan fingerprint density at radius 1 is 1.30 bits per heavy atom. The van der Waals surface area contributed by atoms with Crippen LogP contribution in [0.2, 0.25) is 0 Å². The normalized spacial score (nSPS) is 10.7. The largest absolute Gasteiger partial charge is 0.353 e. The summed E-state index contributed by atoms with van der Waals surface area (Å²) in [4.78, 5) is 16.1. The number of pyridine rings is 1. The average Bonchev–Trinajstić information content (AvgIpc) is 2.95. The molecule has 0 aliphatic carbocycles. The van der Waals surface area contributed by atoms with Gasteiger partial charge in [0.1, 0.15) is 10.6 Å². The second kappa shape index (κ2) is 5.40. The molecule has 0 aliphatic heterocycles. The van der Waals surface area contributed by atoms with Crippen LogP contribution in [0.15, 0.2) is 35.8 Å². The van der Waals surface area contributed by atoms with Crippen LogP contribution < -0.4 is 16.2 Å². The topological polar surface area (TPSA) is 80.0 Å². The predicted octanol–water partition coefficient (Wildman–Crippen LogP) is 2.01. The van der Waals surface area contributed by atoms with Gasteiger partial charge in [-0.3, -0.25) is 10.4 Å². The molecular formula is C13H14N6S. The standard InChI is InChI=1S/C13H14N6S/c1-19(8-9-4-2-3-6-15-9)11-10-5-7-20-12(10)17-13(16-11)18-14/h2-7H,8,14H2,1H3,(H,16,17,18). The molecule has 3 N–H and O–H groups in total. The van der Waals surface area contributed by atoms with E-state index < -0.39 is 0 Å². The first kappa shape index (κ1) is 12.8. The summed E-state index contributed by atoms with van der Waals surface area (Å²) in [5.41, 5.74) is 3.50. The van der Waals surface area contributed by atoms with Crippen molar-refractivity contribution in [3.05, 3.63) is 41.5 Å². The van der Waals surface area contributed by atoms with Crippen LogP contribution in [0.4, 0.5) is 11.8 Å². The van der Waals surface area contributed by atoms with Crippen LogP contribution in [0.3, 0.4) is 0 Å². The van der Waals surface area contributed by atoms with Crippen molar-refractivity contribution in [3.63, 3.8) is 0 Å². The number of nitrogens with zero attached hydrogens (tertiary/aromatic N) is 4. The van der Waals surface area contributed by atoms with Crippen molar-refractivity contribution in [1.29, 1.82) is 0 Å². The fraction of sp³-hybridized carbons (Fsp3) is 0.154. The van der Waals surface area contributed by atoms with E-state index in [1.54, 1.807) is 17.5 Å². The molecule has 0 radical (unpaired) electrons. The maximum absolute atomic E-state index is 5.43. The Bertz CT molecular complexity index is 711. The van der Waals surface area contributed by atoms with Gasteiger partial charge in [0.2, 0.25) is 5.95 Å². The molecule has 0 aliphatic rings. The molecule has 3 aromatic rings. The van der Waals surface area contributed by atoms with E-state index in [9.17, 15) is 0 Å². The summed E-state index contributed by atoms with van der Waals surface area (Å²) in [6.45, 7) is 0.673. The summed E-state index contributed by atoms with van der Waals surface area (Å²) in [6.07, 6.45) is 1.79. The molecule has 6 nitrogen and oxygen atoms in total. The van der Waals surface area contributed by atoms with Crippen LogP contribution in [0.25, 0.3) is 10.2 Å². The molecule has 0 fully saturated rings. The van der Waals surface area contributed by atoms with Gasteiger partial charge < -0.3 is 4.90 Å². The molecule has 102 valence electrons. The number of anilines is 2. The van der Waals surface area contributed by atoms with Crippen molar-refractivity contribution in [2.75, 3.05) is 17.4 Å². The Kier molecular flexibility index (Phi) is 3.44. The molecule has 3 heterocycles. The Hall–Kier alpha value is -2.25. The van der Waals surface area contributed by atoms with Crippen molar-refractivity contribution in [2.24, 2.45) is 5.84 Å². The van der Waals surface area contributed by atoms with Crippen LogP contribution in [0, 0.1) is 0 Å². The minimum absolute atomic E-state index is 0.419. The minimum atomic E-state index is 0.419. The van der Waals surface area contributed by atoms with E-state index in [0.29, 0.717) is 12.5 Å². The average molecular weight is 286 g/mol. The van der Waals surface area contributed by atoms with Gasteiger partial charge in [0.15, 0.2) is 0 Å². The quantitative estimate of drug-likeness (QED) is 0.564. The highest BCUT2D eigenvalue weighted by Crippen LogP contribution is 2.28. The van der Waals surface area contributed by atoms with Crippen LogP contribution >= 0.6 is 11.3 Å². The van der Waals surface area contributed by atoms with Gasteiger partial charge in [-0.15, -0.1) is 11.3 Å². The van der Waals surface area contributed by atoms with Crippen LogP contribution in [-0.4, -0.2) is 22.0 Å². The summed E-state index contributed by atoms with van der Waals surface area (Å²) < 4.78 is 0. The molecule has 0 spiro atoms. The first-order chi connectivity index (χ1) is 9.78. The van der Waals surface area contributed by atoms with Crippen molar-refractivity contribution in [1.82, 2.24) is 15.0 Å². The van der Waals surface area contributed by atoms with Gasteiger partial charge in [-0.05, 0) is 23.6 Å². The number of thiophene rings is 1. The smallest absolute Gasteiger partial charge is 0.240 e. The number of aromatic nitrogens is 3. The van der Waals surface area contributed by atoms with Crippen LogP contribution in [0.1, 0.15) is 5.69 Å². The van der Waals surface area contributed by atoms with E-state index >= 15 is 0 Å². The molecule has 0 amide bonds. The molecule has 0 aromatic carbocycles. The third kappa shape index (κ3) is 2.40. The van der Waals surface area contributed by atoms with Gasteiger partial charge in [-0.25, -0.2) is 10.8 Å². The van der Waals surface area contributed by atoms with E-state index in [4.69, 9.17) is 5.84 Å². The number of nitrogen functional groups attached to an aromatic ring is 1. The van der Waals surface area contributed by atoms with Gasteiger partial charge in [-0.1, -0.05) is 6.07 Å². The van der Waals surface area contributed by atoms with Gasteiger partial charge in [0.05, 0.1) is 17.6 Å². The highest BCUT2D eigenvalue weighted by Gasteiger charge is 2.13. The Morgan fingerprint density at radius 3 is 2.95 bits per heavy atom. The Morgan fingerprint density at radius 2 is 2.20 bits per heavy atom. The zero-order valence-corrected chi connectivity index (χ0v) is 11.8. The molecule has 0 unspecified atom stereocenters. The van der Waals surface area contributed by atoms with Gasteiger partial charge in [0.25, 0.3) is 0 Å². The van der Waals surface area contributed by atoms with E-state index in [0.717, 1.165) is 21.7 Å². The second-order valence-electron chi connectivity index (χ2n) is 4.33. The Labute approximate surface area is 120 Å². The molecule has 0 saturated heterocycles. The SMILES string of the molecule is CN(Cc1ccccn1)c1nc(NN)nc2sccc12. The summed E-state index contributed by atoms with van der Waals surface area (Å²) in [6, 6.07) is 7.89. The third-order valence-electron chi connectivity index (χ3n) is 2.92. The van der Waals surface area contributed by atoms with Gasteiger partial charge >= 0.3 is 0 Å². The molecule has 0 bridgehead atoms. The van der Waals surface area contributed by atoms with Gasteiger partial charge in [0, 0.05) is 13.2 Å². The van der Waals surface area contributed by atoms with Crippen molar-refractivity contribution in [2.45, 2.75) is 6.54 Å². The lowest BCUT2D eigenvalue weighted by Gasteiger charge is -2.19. The van der Waals surface area contributed by atoms with Crippen molar-refractivity contribution in [3.8, 4) is 0 Å².